The predicted octanol–water partition coefficient (Wildman–Crippen LogP) is 12.8. The Hall–Kier alpha value is -6.26. The van der Waals surface area contributed by atoms with Crippen molar-refractivity contribution in [1.82, 2.24) is 0 Å². The summed E-state index contributed by atoms with van der Waals surface area (Å²) in [5, 5.41) is 2.45. The number of hydrogen-bond acceptors (Lipinski definition) is 5. The zero-order chi connectivity index (χ0) is 32.5. The number of anilines is 9. The topological polar surface area (TPSA) is 22.1 Å². The summed E-state index contributed by atoms with van der Waals surface area (Å²) in [6.07, 6.45) is 0. The van der Waals surface area contributed by atoms with E-state index >= 15 is 0 Å². The molecule has 4 nitrogen and oxygen atoms in total. The van der Waals surface area contributed by atoms with Gasteiger partial charge in [-0.3, -0.25) is 0 Å². The number of isothiocyanates is 1. The first-order chi connectivity index (χ1) is 23.8. The third-order valence-corrected chi connectivity index (χ3v) is 8.16. The van der Waals surface area contributed by atoms with Gasteiger partial charge in [-0.25, -0.2) is 0 Å². The van der Waals surface area contributed by atoms with E-state index in [-0.39, 0.29) is 0 Å². The summed E-state index contributed by atoms with van der Waals surface area (Å²) >= 11 is 4.80. The van der Waals surface area contributed by atoms with Gasteiger partial charge in [-0.2, -0.15) is 4.99 Å². The maximum atomic E-state index is 4.80. The van der Waals surface area contributed by atoms with E-state index in [1.54, 1.807) is 0 Å². The van der Waals surface area contributed by atoms with Crippen LogP contribution in [0, 0.1) is 0 Å². The Labute approximate surface area is 287 Å². The fraction of sp³-hybridized carbons (Fsp3) is 0. The van der Waals surface area contributed by atoms with Crippen molar-refractivity contribution in [2.24, 2.45) is 4.99 Å². The molecule has 0 saturated heterocycles. The van der Waals surface area contributed by atoms with Crippen LogP contribution < -0.4 is 14.7 Å². The lowest BCUT2D eigenvalue weighted by molar-refractivity contribution is 1.24. The Bertz CT molecular complexity index is 2060. The van der Waals surface area contributed by atoms with Gasteiger partial charge in [0.05, 0.1) is 10.8 Å². The minimum absolute atomic E-state index is 0.775. The summed E-state index contributed by atoms with van der Waals surface area (Å²) in [5.41, 5.74) is 10.4. The van der Waals surface area contributed by atoms with Gasteiger partial charge in [-0.1, -0.05) is 72.8 Å². The summed E-state index contributed by atoms with van der Waals surface area (Å²) in [5.74, 6) is 0. The SMILES string of the molecule is S=C=Nc1ccc(N(c2ccccc2)c2ccc(N(c3ccccc3)c3ccc(N(c4ccccc4)c4ccccc4)cc3)cc2)cc1. The summed E-state index contributed by atoms with van der Waals surface area (Å²) in [4.78, 5) is 10.9. The minimum atomic E-state index is 0.775. The van der Waals surface area contributed by atoms with E-state index in [0.717, 1.165) is 56.9 Å². The third kappa shape index (κ3) is 6.64. The number of hydrogen-bond donors (Lipinski definition) is 0. The van der Waals surface area contributed by atoms with Crippen molar-refractivity contribution in [2.75, 3.05) is 14.7 Å². The second-order valence-electron chi connectivity index (χ2n) is 11.1. The molecule has 7 aromatic carbocycles. The molecule has 0 unspecified atom stereocenters. The molecule has 0 atom stereocenters. The molecule has 0 spiro atoms. The van der Waals surface area contributed by atoms with Crippen LogP contribution in [-0.2, 0) is 0 Å². The van der Waals surface area contributed by atoms with Gasteiger partial charge >= 0.3 is 0 Å². The number of para-hydroxylation sites is 4. The summed E-state index contributed by atoms with van der Waals surface area (Å²) in [6.45, 7) is 0. The molecule has 0 aliphatic carbocycles. The maximum Gasteiger partial charge on any atom is 0.0741 e. The number of aliphatic imine (C=N–C) groups is 1. The standard InChI is InChI=1S/C43H32N4S/c48-33-44-34-21-23-39(24-22-34)46(37-17-9-3-10-18-37)41-29-31-43(32-30-41)47(38-19-11-4-12-20-38)42-27-25-40(26-28-42)45(35-13-5-1-6-14-35)36-15-7-2-8-16-36/h1-32H. The molecule has 0 N–H and O–H groups in total. The van der Waals surface area contributed by atoms with Crippen LogP contribution >= 0.6 is 12.2 Å². The van der Waals surface area contributed by atoms with Gasteiger partial charge in [0.25, 0.3) is 0 Å². The van der Waals surface area contributed by atoms with Crippen molar-refractivity contribution in [3.8, 4) is 0 Å². The molecule has 7 aromatic rings. The second-order valence-corrected chi connectivity index (χ2v) is 11.3. The molecular weight excluding hydrogens is 605 g/mol. The average Bonchev–Trinajstić information content (AvgIpc) is 3.16. The Kier molecular flexibility index (Phi) is 9.15. The van der Waals surface area contributed by atoms with E-state index in [0.29, 0.717) is 0 Å². The number of rotatable bonds is 10. The van der Waals surface area contributed by atoms with E-state index in [2.05, 4.69) is 183 Å². The average molecular weight is 637 g/mol. The number of thiocarbonyl (C=S) groups is 1. The van der Waals surface area contributed by atoms with Gasteiger partial charge in [0, 0.05) is 51.2 Å². The first kappa shape index (κ1) is 30.4. The van der Waals surface area contributed by atoms with Crippen LogP contribution in [0.5, 0.6) is 0 Å². The Morgan fingerprint density at radius 1 is 0.292 bits per heavy atom. The molecule has 0 aliphatic heterocycles. The molecule has 0 amide bonds. The van der Waals surface area contributed by atoms with Crippen LogP contribution in [-0.4, -0.2) is 5.16 Å². The summed E-state index contributed by atoms with van der Waals surface area (Å²) in [7, 11) is 0. The van der Waals surface area contributed by atoms with Gasteiger partial charge in [0.1, 0.15) is 0 Å². The molecule has 0 saturated carbocycles. The lowest BCUT2D eigenvalue weighted by Crippen LogP contribution is -2.13. The van der Waals surface area contributed by atoms with Crippen molar-refractivity contribution in [3.05, 3.63) is 194 Å². The molecule has 7 rings (SSSR count). The molecule has 0 radical (unpaired) electrons. The zero-order valence-electron chi connectivity index (χ0n) is 26.2. The molecule has 230 valence electrons. The summed E-state index contributed by atoms with van der Waals surface area (Å²) in [6, 6.07) is 67.3. The van der Waals surface area contributed by atoms with Crippen molar-refractivity contribution < 1.29 is 0 Å². The molecule has 0 bridgehead atoms. The lowest BCUT2D eigenvalue weighted by atomic mass is 10.1. The monoisotopic (exact) mass is 636 g/mol. The third-order valence-electron chi connectivity index (χ3n) is 8.07. The van der Waals surface area contributed by atoms with Gasteiger partial charge in [-0.15, -0.1) is 0 Å². The Balaban J connectivity index is 1.26. The zero-order valence-corrected chi connectivity index (χ0v) is 27.0. The van der Waals surface area contributed by atoms with Crippen LogP contribution in [0.25, 0.3) is 0 Å². The molecule has 0 aromatic heterocycles. The first-order valence-electron chi connectivity index (χ1n) is 15.8. The van der Waals surface area contributed by atoms with E-state index < -0.39 is 0 Å². The van der Waals surface area contributed by atoms with Crippen LogP contribution in [0.3, 0.4) is 0 Å². The minimum Gasteiger partial charge on any atom is -0.311 e. The van der Waals surface area contributed by atoms with Crippen molar-refractivity contribution in [3.63, 3.8) is 0 Å². The summed E-state index contributed by atoms with van der Waals surface area (Å²) < 4.78 is 0. The van der Waals surface area contributed by atoms with Gasteiger partial charge in [0.15, 0.2) is 0 Å². The Morgan fingerprint density at radius 3 is 0.729 bits per heavy atom. The van der Waals surface area contributed by atoms with Crippen LogP contribution in [0.2, 0.25) is 0 Å². The predicted molar refractivity (Wildman–Crippen MR) is 205 cm³/mol. The number of nitrogens with zero attached hydrogens (tertiary/aromatic N) is 4. The van der Waals surface area contributed by atoms with E-state index in [9.17, 15) is 0 Å². The van der Waals surface area contributed by atoms with Gasteiger partial charge in [0.2, 0.25) is 0 Å². The van der Waals surface area contributed by atoms with Crippen LogP contribution in [0.4, 0.5) is 56.9 Å². The normalized spacial score (nSPS) is 10.5. The second kappa shape index (κ2) is 14.4. The molecule has 0 heterocycles. The van der Waals surface area contributed by atoms with E-state index in [1.807, 2.05) is 36.4 Å². The fourth-order valence-electron chi connectivity index (χ4n) is 5.88. The smallest absolute Gasteiger partial charge is 0.0741 e. The van der Waals surface area contributed by atoms with E-state index in [1.165, 1.54) is 0 Å². The van der Waals surface area contributed by atoms with Crippen LogP contribution in [0.1, 0.15) is 0 Å². The highest BCUT2D eigenvalue weighted by molar-refractivity contribution is 7.78. The maximum absolute atomic E-state index is 4.80. The first-order valence-corrected chi connectivity index (χ1v) is 16.2. The molecule has 0 aliphatic rings. The number of benzene rings is 7. The largest absolute Gasteiger partial charge is 0.311 e. The van der Waals surface area contributed by atoms with Crippen molar-refractivity contribution in [2.45, 2.75) is 0 Å². The lowest BCUT2D eigenvalue weighted by Gasteiger charge is -2.29. The van der Waals surface area contributed by atoms with Crippen LogP contribution in [0.15, 0.2) is 199 Å². The molecule has 0 fully saturated rings. The highest BCUT2D eigenvalue weighted by Gasteiger charge is 2.17. The highest BCUT2D eigenvalue weighted by atomic mass is 32.1. The van der Waals surface area contributed by atoms with E-state index in [4.69, 9.17) is 12.2 Å². The Morgan fingerprint density at radius 2 is 0.500 bits per heavy atom. The fourth-order valence-corrected chi connectivity index (χ4v) is 5.99. The van der Waals surface area contributed by atoms with Crippen molar-refractivity contribution >= 4 is 74.3 Å². The van der Waals surface area contributed by atoms with Gasteiger partial charge < -0.3 is 14.7 Å². The molecular formula is C43H32N4S. The highest BCUT2D eigenvalue weighted by Crippen LogP contribution is 2.41. The molecule has 48 heavy (non-hydrogen) atoms. The quantitative estimate of drug-likeness (QED) is 0.110. The molecule has 5 heteroatoms. The van der Waals surface area contributed by atoms with Gasteiger partial charge in [-0.05, 0) is 134 Å². The van der Waals surface area contributed by atoms with Crippen molar-refractivity contribution in [1.29, 1.82) is 0 Å².